The Kier molecular flexibility index (Phi) is 3.72. The topological polar surface area (TPSA) is 80.0 Å². The van der Waals surface area contributed by atoms with Crippen molar-refractivity contribution in [2.24, 2.45) is 5.41 Å². The van der Waals surface area contributed by atoms with Crippen LogP contribution < -0.4 is 0 Å². The van der Waals surface area contributed by atoms with Crippen molar-refractivity contribution in [3.8, 4) is 0 Å². The van der Waals surface area contributed by atoms with E-state index in [-0.39, 0.29) is 35.0 Å². The highest BCUT2D eigenvalue weighted by atomic mass is 16.5. The summed E-state index contributed by atoms with van der Waals surface area (Å²) in [5, 5.41) is 8.87. The van der Waals surface area contributed by atoms with Gasteiger partial charge >= 0.3 is 5.97 Å². The van der Waals surface area contributed by atoms with E-state index in [1.165, 1.54) is 18.6 Å². The summed E-state index contributed by atoms with van der Waals surface area (Å²) in [5.41, 5.74) is 0.0860. The van der Waals surface area contributed by atoms with Crippen LogP contribution in [0.15, 0.2) is 16.5 Å². The van der Waals surface area contributed by atoms with E-state index in [4.69, 9.17) is 14.3 Å². The number of carbonyl (C=O) groups excluding carboxylic acids is 1. The number of hydrogen-bond acceptors (Lipinski definition) is 4. The second-order valence-corrected chi connectivity index (χ2v) is 6.17. The largest absolute Gasteiger partial charge is 0.475 e. The van der Waals surface area contributed by atoms with Crippen molar-refractivity contribution in [2.45, 2.75) is 44.8 Å². The molecule has 2 atom stereocenters. The molecule has 2 saturated carbocycles. The Morgan fingerprint density at radius 2 is 2.09 bits per heavy atom. The fourth-order valence-electron chi connectivity index (χ4n) is 3.83. The van der Waals surface area contributed by atoms with E-state index in [9.17, 15) is 9.59 Å². The second-order valence-electron chi connectivity index (χ2n) is 6.17. The van der Waals surface area contributed by atoms with Crippen LogP contribution in [-0.4, -0.2) is 47.7 Å². The number of aromatic carboxylic acids is 1. The Hall–Kier alpha value is -1.82. The normalized spacial score (nSPS) is 25.4. The molecule has 0 aromatic carbocycles. The minimum atomic E-state index is -1.17. The minimum Gasteiger partial charge on any atom is -0.475 e. The van der Waals surface area contributed by atoms with Gasteiger partial charge in [0.25, 0.3) is 5.91 Å². The molecule has 120 valence electrons. The molecule has 0 bridgehead atoms. The van der Waals surface area contributed by atoms with Gasteiger partial charge in [0.15, 0.2) is 5.76 Å². The molecule has 6 heteroatoms. The summed E-state index contributed by atoms with van der Waals surface area (Å²) in [6.07, 6.45) is 4.41. The Bertz CT molecular complexity index is 589. The Morgan fingerprint density at radius 3 is 2.59 bits per heavy atom. The van der Waals surface area contributed by atoms with Gasteiger partial charge in [-0.2, -0.15) is 0 Å². The van der Waals surface area contributed by atoms with Gasteiger partial charge in [0.2, 0.25) is 5.76 Å². The summed E-state index contributed by atoms with van der Waals surface area (Å²) >= 11 is 0. The zero-order valence-corrected chi connectivity index (χ0v) is 12.9. The van der Waals surface area contributed by atoms with Gasteiger partial charge in [0.1, 0.15) is 0 Å². The first-order valence-electron chi connectivity index (χ1n) is 7.71. The lowest BCUT2D eigenvalue weighted by molar-refractivity contribution is -0.192. The van der Waals surface area contributed by atoms with Crippen LogP contribution in [0.25, 0.3) is 0 Å². The molecule has 1 aromatic rings. The molecule has 2 aliphatic rings. The Labute approximate surface area is 129 Å². The van der Waals surface area contributed by atoms with Crippen LogP contribution in [-0.2, 0) is 4.74 Å². The summed E-state index contributed by atoms with van der Waals surface area (Å²) in [6, 6.07) is 2.88. The monoisotopic (exact) mass is 307 g/mol. The summed E-state index contributed by atoms with van der Waals surface area (Å²) in [6.45, 7) is 2.68. The third-order valence-corrected chi connectivity index (χ3v) is 5.21. The molecule has 2 aliphatic carbocycles. The van der Waals surface area contributed by atoms with Crippen LogP contribution in [0.5, 0.6) is 0 Å². The molecule has 1 amide bonds. The number of carboxylic acids is 1. The lowest BCUT2D eigenvalue weighted by atomic mass is 9.50. The van der Waals surface area contributed by atoms with E-state index in [1.54, 1.807) is 11.9 Å². The maximum absolute atomic E-state index is 12.5. The number of carbonyl (C=O) groups is 2. The minimum absolute atomic E-state index is 0.0780. The van der Waals surface area contributed by atoms with Gasteiger partial charge in [0.05, 0.1) is 6.10 Å². The molecule has 1 spiro atoms. The molecule has 1 aromatic heterocycles. The lowest BCUT2D eigenvalue weighted by Crippen LogP contribution is -2.67. The number of hydrogen-bond donors (Lipinski definition) is 1. The standard InChI is InChI=1S/C16H21NO5/c1-3-21-13-9-12(16(13)7-4-8-16)17(2)14(18)10-5-6-11(22-10)15(19)20/h5-6,12-13H,3-4,7-9H2,1-2H3,(H,19,20). The molecule has 2 fully saturated rings. The van der Waals surface area contributed by atoms with Crippen LogP contribution in [0.3, 0.4) is 0 Å². The smallest absolute Gasteiger partial charge is 0.371 e. The molecule has 1 heterocycles. The van der Waals surface area contributed by atoms with Crippen molar-refractivity contribution in [2.75, 3.05) is 13.7 Å². The maximum Gasteiger partial charge on any atom is 0.371 e. The highest BCUT2D eigenvalue weighted by Crippen LogP contribution is 2.59. The molecule has 0 aliphatic heterocycles. The summed E-state index contributed by atoms with van der Waals surface area (Å²) < 4.78 is 10.9. The fourth-order valence-corrected chi connectivity index (χ4v) is 3.83. The number of furan rings is 1. The van der Waals surface area contributed by atoms with E-state index in [0.29, 0.717) is 6.61 Å². The van der Waals surface area contributed by atoms with Gasteiger partial charge in [-0.15, -0.1) is 0 Å². The van der Waals surface area contributed by atoms with Gasteiger partial charge < -0.3 is 19.2 Å². The predicted octanol–water partition coefficient (Wildman–Crippen LogP) is 2.40. The van der Waals surface area contributed by atoms with Crippen LogP contribution in [0.4, 0.5) is 0 Å². The number of rotatable bonds is 5. The average molecular weight is 307 g/mol. The molecule has 1 N–H and O–H groups in total. The van der Waals surface area contributed by atoms with Crippen LogP contribution in [0.2, 0.25) is 0 Å². The molecule has 2 unspecified atom stereocenters. The molecule has 22 heavy (non-hydrogen) atoms. The SMILES string of the molecule is CCOC1CC(N(C)C(=O)c2ccc(C(=O)O)o2)C12CCC2. The maximum atomic E-state index is 12.5. The van der Waals surface area contributed by atoms with Crippen molar-refractivity contribution in [1.29, 1.82) is 0 Å². The summed E-state index contributed by atoms with van der Waals surface area (Å²) in [4.78, 5) is 25.0. The van der Waals surface area contributed by atoms with Gasteiger partial charge in [-0.1, -0.05) is 6.42 Å². The first kappa shape index (κ1) is 15.1. The highest BCUT2D eigenvalue weighted by molar-refractivity contribution is 5.93. The average Bonchev–Trinajstić information content (AvgIpc) is 2.89. The Balaban J connectivity index is 1.72. The van der Waals surface area contributed by atoms with Crippen molar-refractivity contribution in [3.05, 3.63) is 23.7 Å². The fraction of sp³-hybridized carbons (Fsp3) is 0.625. The van der Waals surface area contributed by atoms with Gasteiger partial charge in [-0.05, 0) is 38.3 Å². The number of amides is 1. The molecular weight excluding hydrogens is 286 g/mol. The number of carboxylic acid groups (broad SMARTS) is 1. The summed E-state index contributed by atoms with van der Waals surface area (Å²) in [7, 11) is 1.76. The van der Waals surface area contributed by atoms with E-state index in [0.717, 1.165) is 19.3 Å². The second kappa shape index (κ2) is 5.43. The number of nitrogens with zero attached hydrogens (tertiary/aromatic N) is 1. The van der Waals surface area contributed by atoms with Gasteiger partial charge in [0, 0.05) is 25.1 Å². The third kappa shape index (κ3) is 2.13. The first-order chi connectivity index (χ1) is 10.5. The molecule has 0 saturated heterocycles. The Morgan fingerprint density at radius 1 is 1.41 bits per heavy atom. The van der Waals surface area contributed by atoms with E-state index < -0.39 is 5.97 Å². The van der Waals surface area contributed by atoms with E-state index in [2.05, 4.69) is 0 Å². The van der Waals surface area contributed by atoms with E-state index in [1.807, 2.05) is 6.92 Å². The zero-order chi connectivity index (χ0) is 15.9. The van der Waals surface area contributed by atoms with Crippen molar-refractivity contribution < 1.29 is 23.8 Å². The quantitative estimate of drug-likeness (QED) is 0.903. The number of ether oxygens (including phenoxy) is 1. The van der Waals surface area contributed by atoms with Gasteiger partial charge in [-0.3, -0.25) is 4.79 Å². The van der Waals surface area contributed by atoms with Crippen molar-refractivity contribution in [1.82, 2.24) is 4.90 Å². The summed E-state index contributed by atoms with van der Waals surface area (Å²) in [5.74, 6) is -1.57. The van der Waals surface area contributed by atoms with Crippen LogP contribution in [0, 0.1) is 5.41 Å². The lowest BCUT2D eigenvalue weighted by Gasteiger charge is -2.63. The molecule has 0 radical (unpaired) electrons. The molecule has 6 nitrogen and oxygen atoms in total. The highest BCUT2D eigenvalue weighted by Gasteiger charge is 2.61. The van der Waals surface area contributed by atoms with Gasteiger partial charge in [-0.25, -0.2) is 4.79 Å². The zero-order valence-electron chi connectivity index (χ0n) is 12.9. The van der Waals surface area contributed by atoms with Crippen LogP contribution in [0.1, 0.15) is 53.7 Å². The molecule has 3 rings (SSSR count). The predicted molar refractivity (Wildman–Crippen MR) is 77.9 cm³/mol. The van der Waals surface area contributed by atoms with Crippen LogP contribution >= 0.6 is 0 Å². The van der Waals surface area contributed by atoms with E-state index >= 15 is 0 Å². The first-order valence-corrected chi connectivity index (χ1v) is 7.71. The van der Waals surface area contributed by atoms with Crippen molar-refractivity contribution >= 4 is 11.9 Å². The molecular formula is C16H21NO5. The van der Waals surface area contributed by atoms with Crippen molar-refractivity contribution in [3.63, 3.8) is 0 Å². The third-order valence-electron chi connectivity index (χ3n) is 5.21.